The Morgan fingerprint density at radius 2 is 1.62 bits per heavy atom. The van der Waals surface area contributed by atoms with Gasteiger partial charge < -0.3 is 5.11 Å². The van der Waals surface area contributed by atoms with Crippen LogP contribution in [0.25, 0.3) is 49.6 Å². The zero-order valence-electron chi connectivity index (χ0n) is 28.5. The van der Waals surface area contributed by atoms with Crippen molar-refractivity contribution >= 4 is 44.1 Å². The fraction of sp³-hybridized carbons (Fsp3) is 0.350. The molecule has 7 heteroatoms. The maximum atomic E-state index is 11.7. The molecule has 0 unspecified atom stereocenters. The number of carbonyl (C=O) groups excluding carboxylic acids is 1. The van der Waals surface area contributed by atoms with Gasteiger partial charge in [-0.3, -0.25) is 14.2 Å². The fourth-order valence-electron chi connectivity index (χ4n) is 6.15. The third-order valence-corrected chi connectivity index (χ3v) is 8.99. The Morgan fingerprint density at radius 1 is 0.915 bits per heavy atom. The molecule has 0 fully saturated rings. The van der Waals surface area contributed by atoms with Crippen LogP contribution in [0.4, 0.5) is 0 Å². The molecule has 3 heterocycles. The second-order valence-electron chi connectivity index (χ2n) is 13.0. The number of benzene rings is 3. The number of imidazole rings is 1. The smallest absolute Gasteiger partial charge is 0.234 e. The van der Waals surface area contributed by atoms with E-state index in [4.69, 9.17) is 9.97 Å². The molecule has 0 amide bonds. The minimum absolute atomic E-state index is 0. The van der Waals surface area contributed by atoms with Crippen molar-refractivity contribution in [2.45, 2.75) is 79.6 Å². The van der Waals surface area contributed by atoms with E-state index in [-0.39, 0.29) is 48.9 Å². The van der Waals surface area contributed by atoms with E-state index in [1.807, 2.05) is 50.6 Å². The molecule has 6 nitrogen and oxygen atoms in total. The molecular formula is C40H45IrN4O2-. The number of aliphatic hydroxyl groups excluding tert-OH is 1. The van der Waals surface area contributed by atoms with E-state index in [0.29, 0.717) is 5.78 Å². The zero-order valence-corrected chi connectivity index (χ0v) is 30.9. The normalized spacial score (nSPS) is 12.1. The summed E-state index contributed by atoms with van der Waals surface area (Å²) in [6.45, 7) is 14.8. The molecule has 1 radical (unpaired) electrons. The predicted molar refractivity (Wildman–Crippen MR) is 190 cm³/mol. The van der Waals surface area contributed by atoms with Crippen molar-refractivity contribution in [3.63, 3.8) is 0 Å². The number of pyridine rings is 1. The van der Waals surface area contributed by atoms with Gasteiger partial charge in [-0.15, -0.1) is 29.1 Å². The van der Waals surface area contributed by atoms with E-state index < -0.39 is 0 Å². The van der Waals surface area contributed by atoms with Gasteiger partial charge in [0.1, 0.15) is 0 Å². The Labute approximate surface area is 291 Å². The summed E-state index contributed by atoms with van der Waals surface area (Å²) in [5.41, 5.74) is 5.21. The number of ketones is 1. The largest absolute Gasteiger partial charge is 0.512 e. The molecule has 0 aliphatic heterocycles. The molecule has 47 heavy (non-hydrogen) atoms. The minimum atomic E-state index is 0. The minimum Gasteiger partial charge on any atom is -0.512 e. The van der Waals surface area contributed by atoms with Crippen LogP contribution in [0.15, 0.2) is 85.0 Å². The van der Waals surface area contributed by atoms with Crippen LogP contribution in [-0.4, -0.2) is 30.2 Å². The first-order chi connectivity index (χ1) is 22.1. The van der Waals surface area contributed by atoms with E-state index in [1.54, 1.807) is 6.20 Å². The summed E-state index contributed by atoms with van der Waals surface area (Å²) in [4.78, 5) is 25.7. The number of nitrogens with zero attached hydrogens (tertiary/aromatic N) is 4. The second-order valence-corrected chi connectivity index (χ2v) is 13.0. The maximum Gasteiger partial charge on any atom is 0.234 e. The topological polar surface area (TPSA) is 80.4 Å². The third kappa shape index (κ3) is 7.63. The van der Waals surface area contributed by atoms with Gasteiger partial charge in [0.2, 0.25) is 5.78 Å². The molecule has 0 bridgehead atoms. The number of carbonyl (C=O) groups is 1. The standard InChI is InChI=1S/C27H21N4.C13H24O2.Ir/c1-27(2,3)22-14-19(13-17-7-4-5-8-20(17)22)23-15-21-18(16-29-23)9-10-24-25(21)30-26-28-11-6-12-31(24)26;1-5-10(6-2)12(14)9-13(15)11(7-3)8-4;/h4-12,14-16H,1-3H3;9-11,14H,5-8H2,1-4H3;/q-1;;/b;12-9-;. The van der Waals surface area contributed by atoms with Crippen molar-refractivity contribution in [2.75, 3.05) is 0 Å². The Hall–Kier alpha value is -3.93. The first kappa shape index (κ1) is 35.9. The Kier molecular flexibility index (Phi) is 11.7. The molecule has 247 valence electrons. The average molecular weight is 806 g/mol. The molecule has 3 aromatic carbocycles. The molecule has 3 aromatic heterocycles. The van der Waals surface area contributed by atoms with Gasteiger partial charge in [0.15, 0.2) is 5.78 Å². The molecule has 6 rings (SSSR count). The number of aromatic nitrogens is 4. The van der Waals surface area contributed by atoms with Gasteiger partial charge in [-0.25, -0.2) is 9.97 Å². The molecule has 0 spiro atoms. The summed E-state index contributed by atoms with van der Waals surface area (Å²) in [5, 5.41) is 14.3. The van der Waals surface area contributed by atoms with Crippen molar-refractivity contribution in [3.8, 4) is 11.3 Å². The van der Waals surface area contributed by atoms with E-state index in [0.717, 1.165) is 64.1 Å². The van der Waals surface area contributed by atoms with Crippen LogP contribution in [0.5, 0.6) is 0 Å². The molecule has 0 atom stereocenters. The van der Waals surface area contributed by atoms with Gasteiger partial charge in [0.05, 0.1) is 16.8 Å². The fourth-order valence-corrected chi connectivity index (χ4v) is 6.15. The Morgan fingerprint density at radius 3 is 2.30 bits per heavy atom. The van der Waals surface area contributed by atoms with Crippen molar-refractivity contribution < 1.29 is 30.0 Å². The number of hydrogen-bond donors (Lipinski definition) is 1. The van der Waals surface area contributed by atoms with Crippen LogP contribution < -0.4 is 0 Å². The van der Waals surface area contributed by atoms with Gasteiger partial charge in [-0.05, 0) is 43.2 Å². The summed E-state index contributed by atoms with van der Waals surface area (Å²) >= 11 is 0. The molecule has 1 N–H and O–H groups in total. The van der Waals surface area contributed by atoms with Gasteiger partial charge in [0.25, 0.3) is 0 Å². The summed E-state index contributed by atoms with van der Waals surface area (Å²) in [6, 6.07) is 22.5. The summed E-state index contributed by atoms with van der Waals surface area (Å²) in [7, 11) is 0. The molecular weight excluding hydrogens is 761 g/mol. The van der Waals surface area contributed by atoms with Crippen molar-refractivity contribution in [1.82, 2.24) is 19.4 Å². The van der Waals surface area contributed by atoms with E-state index >= 15 is 0 Å². The van der Waals surface area contributed by atoms with Crippen LogP contribution >= 0.6 is 0 Å². The van der Waals surface area contributed by atoms with E-state index in [9.17, 15) is 9.90 Å². The summed E-state index contributed by atoms with van der Waals surface area (Å²) < 4.78 is 2.02. The van der Waals surface area contributed by atoms with Crippen LogP contribution in [0.3, 0.4) is 0 Å². The molecule has 0 saturated heterocycles. The number of allylic oxidation sites excluding steroid dienone is 2. The van der Waals surface area contributed by atoms with Crippen LogP contribution in [0.2, 0.25) is 0 Å². The van der Waals surface area contributed by atoms with Crippen LogP contribution in [0.1, 0.15) is 79.7 Å². The van der Waals surface area contributed by atoms with Gasteiger partial charge in [-0.2, -0.15) is 0 Å². The van der Waals surface area contributed by atoms with Crippen LogP contribution in [-0.2, 0) is 30.3 Å². The van der Waals surface area contributed by atoms with Crippen molar-refractivity contribution in [1.29, 1.82) is 0 Å². The molecule has 0 saturated carbocycles. The van der Waals surface area contributed by atoms with Gasteiger partial charge in [-0.1, -0.05) is 89.7 Å². The summed E-state index contributed by atoms with van der Waals surface area (Å²) in [5.74, 6) is 1.25. The third-order valence-electron chi connectivity index (χ3n) is 8.99. The van der Waals surface area contributed by atoms with E-state index in [2.05, 4.69) is 80.4 Å². The average Bonchev–Trinajstić information content (AvgIpc) is 3.44. The number of rotatable bonds is 8. The van der Waals surface area contributed by atoms with Crippen molar-refractivity contribution in [2.24, 2.45) is 11.8 Å². The monoisotopic (exact) mass is 806 g/mol. The SMILES string of the molecule is CC(C)(C)c1cc(-c2cc3c(ccc4c3nc3ncccn34)cn2)[c-]c2ccccc12.CCC(CC)C(=O)/C=C(\O)C(CC)CC.[Ir]. The molecule has 0 aliphatic rings. The number of hydrogen-bond acceptors (Lipinski definition) is 5. The Bertz CT molecular complexity index is 2030. The first-order valence-corrected chi connectivity index (χ1v) is 16.5. The maximum absolute atomic E-state index is 11.7. The van der Waals surface area contributed by atoms with Crippen LogP contribution in [0, 0.1) is 17.9 Å². The quantitative estimate of drug-likeness (QED) is 0.0942. The molecule has 6 aromatic rings. The predicted octanol–water partition coefficient (Wildman–Crippen LogP) is 10.2. The van der Waals surface area contributed by atoms with Gasteiger partial charge >= 0.3 is 0 Å². The van der Waals surface area contributed by atoms with E-state index in [1.165, 1.54) is 17.0 Å². The Balaban J connectivity index is 0.000000269. The van der Waals surface area contributed by atoms with Crippen molar-refractivity contribution in [3.05, 3.63) is 96.7 Å². The zero-order chi connectivity index (χ0) is 33.0. The summed E-state index contributed by atoms with van der Waals surface area (Å²) in [6.07, 6.45) is 10.6. The molecule has 0 aliphatic carbocycles. The number of aliphatic hydroxyl groups is 1. The first-order valence-electron chi connectivity index (χ1n) is 16.5. The second kappa shape index (κ2) is 15.3. The number of fused-ring (bicyclic) bond motifs is 6. The van der Waals surface area contributed by atoms with Gasteiger partial charge in [0, 0.05) is 73.1 Å².